The van der Waals surface area contributed by atoms with Crippen molar-refractivity contribution in [2.75, 3.05) is 0 Å². The fraction of sp³-hybridized carbons (Fsp3) is 0.400. The Morgan fingerprint density at radius 2 is 1.65 bits per heavy atom. The van der Waals surface area contributed by atoms with Gasteiger partial charge in [-0.05, 0) is 24.3 Å². The van der Waals surface area contributed by atoms with Crippen LogP contribution in [-0.4, -0.2) is 25.7 Å². The lowest BCUT2D eigenvalue weighted by atomic mass is 9.76. The van der Waals surface area contributed by atoms with E-state index >= 15 is 0 Å². The van der Waals surface area contributed by atoms with Gasteiger partial charge in [0.15, 0.2) is 17.4 Å². The molecule has 0 aromatic carbocycles. The maximum Gasteiger partial charge on any atom is 0.197 e. The van der Waals surface area contributed by atoms with Crippen molar-refractivity contribution in [2.24, 2.45) is 5.41 Å². The Balaban J connectivity index is 2.05. The van der Waals surface area contributed by atoms with Crippen LogP contribution < -0.4 is 0 Å². The van der Waals surface area contributed by atoms with E-state index in [1.165, 1.54) is 0 Å². The van der Waals surface area contributed by atoms with Crippen molar-refractivity contribution in [3.8, 4) is 11.6 Å². The van der Waals surface area contributed by atoms with Crippen LogP contribution in [0, 0.1) is 12.3 Å². The smallest absolute Gasteiger partial charge is 0.197 e. The zero-order valence-corrected chi connectivity index (χ0v) is 11.8. The third-order valence-electron chi connectivity index (χ3n) is 3.43. The average molecular weight is 268 g/mol. The van der Waals surface area contributed by atoms with E-state index < -0.39 is 0 Å². The number of nitrogens with zero attached hydrogens (tertiary/aromatic N) is 4. The minimum absolute atomic E-state index is 0.0517. The van der Waals surface area contributed by atoms with Gasteiger partial charge in [-0.3, -0.25) is 4.79 Å². The van der Waals surface area contributed by atoms with Gasteiger partial charge in [-0.1, -0.05) is 13.8 Å². The van der Waals surface area contributed by atoms with Crippen LogP contribution in [0.2, 0.25) is 0 Å². The van der Waals surface area contributed by atoms with Gasteiger partial charge in [0.1, 0.15) is 0 Å². The molecule has 0 spiro atoms. The summed E-state index contributed by atoms with van der Waals surface area (Å²) < 4.78 is 0. The number of rotatable bonds is 1. The van der Waals surface area contributed by atoms with E-state index in [1.807, 2.05) is 6.92 Å². The van der Waals surface area contributed by atoms with Gasteiger partial charge in [0.2, 0.25) is 0 Å². The van der Waals surface area contributed by atoms with Gasteiger partial charge >= 0.3 is 0 Å². The molecule has 2 aromatic heterocycles. The first-order valence-electron chi connectivity index (χ1n) is 6.63. The van der Waals surface area contributed by atoms with Crippen molar-refractivity contribution in [3.63, 3.8) is 0 Å². The molecule has 20 heavy (non-hydrogen) atoms. The number of carbonyl (C=O) groups is 1. The Bertz CT molecular complexity index is 677. The molecule has 5 heteroatoms. The quantitative estimate of drug-likeness (QED) is 0.794. The highest BCUT2D eigenvalue weighted by molar-refractivity contribution is 5.98. The molecule has 0 aliphatic heterocycles. The van der Waals surface area contributed by atoms with E-state index in [2.05, 4.69) is 33.8 Å². The molecule has 0 unspecified atom stereocenters. The summed E-state index contributed by atoms with van der Waals surface area (Å²) in [5.41, 5.74) is 2.38. The highest BCUT2D eigenvalue weighted by Crippen LogP contribution is 2.33. The molecule has 3 rings (SSSR count). The number of fused-ring (bicyclic) bond motifs is 1. The van der Waals surface area contributed by atoms with Gasteiger partial charge in [-0.25, -0.2) is 19.9 Å². The van der Waals surface area contributed by atoms with Crippen LogP contribution >= 0.6 is 0 Å². The van der Waals surface area contributed by atoms with E-state index in [1.54, 1.807) is 18.6 Å². The van der Waals surface area contributed by atoms with Crippen LogP contribution in [0.15, 0.2) is 18.6 Å². The molecule has 0 saturated carbocycles. The van der Waals surface area contributed by atoms with E-state index in [4.69, 9.17) is 0 Å². The molecule has 0 amide bonds. The van der Waals surface area contributed by atoms with Crippen molar-refractivity contribution < 1.29 is 4.79 Å². The number of ketones is 1. The van der Waals surface area contributed by atoms with Crippen molar-refractivity contribution in [1.29, 1.82) is 0 Å². The fourth-order valence-electron chi connectivity index (χ4n) is 2.45. The predicted octanol–water partition coefficient (Wildman–Crippen LogP) is 2.40. The van der Waals surface area contributed by atoms with E-state index in [9.17, 15) is 4.79 Å². The third kappa shape index (κ3) is 2.31. The third-order valence-corrected chi connectivity index (χ3v) is 3.43. The largest absolute Gasteiger partial charge is 0.294 e. The molecular formula is C15H16N4O. The molecule has 1 aliphatic rings. The maximum atomic E-state index is 12.1. The standard InChI is InChI=1S/C15H16N4O/c1-9-6-16-13(17-7-9)14-18-8-10-11(19-14)4-15(2,3)5-12(10)20/h6-8H,4-5H2,1-3H3. The summed E-state index contributed by atoms with van der Waals surface area (Å²) in [5.74, 6) is 1.09. The first-order valence-corrected chi connectivity index (χ1v) is 6.63. The number of aromatic nitrogens is 4. The van der Waals surface area contributed by atoms with Gasteiger partial charge in [0.25, 0.3) is 0 Å². The summed E-state index contributed by atoms with van der Waals surface area (Å²) in [6.07, 6.45) is 6.40. The minimum Gasteiger partial charge on any atom is -0.294 e. The first kappa shape index (κ1) is 12.8. The summed E-state index contributed by atoms with van der Waals surface area (Å²) in [5, 5.41) is 0. The Kier molecular flexibility index (Phi) is 2.85. The van der Waals surface area contributed by atoms with E-state index in [0.29, 0.717) is 23.6 Å². The van der Waals surface area contributed by atoms with Crippen LogP contribution in [0.25, 0.3) is 11.6 Å². The molecule has 0 atom stereocenters. The predicted molar refractivity (Wildman–Crippen MR) is 74.2 cm³/mol. The lowest BCUT2D eigenvalue weighted by Gasteiger charge is -2.29. The summed E-state index contributed by atoms with van der Waals surface area (Å²) in [6, 6.07) is 0. The molecule has 0 radical (unpaired) electrons. The van der Waals surface area contributed by atoms with Crippen LogP contribution in [0.1, 0.15) is 41.9 Å². The van der Waals surface area contributed by atoms with Gasteiger partial charge in [0.05, 0.1) is 11.3 Å². The zero-order valence-electron chi connectivity index (χ0n) is 11.8. The second-order valence-corrected chi connectivity index (χ2v) is 6.08. The van der Waals surface area contributed by atoms with Gasteiger partial charge in [-0.15, -0.1) is 0 Å². The summed E-state index contributed by atoms with van der Waals surface area (Å²) >= 11 is 0. The lowest BCUT2D eigenvalue weighted by Crippen LogP contribution is -2.28. The van der Waals surface area contributed by atoms with Crippen LogP contribution in [0.4, 0.5) is 0 Å². The first-order chi connectivity index (χ1) is 9.44. The lowest BCUT2D eigenvalue weighted by molar-refractivity contribution is 0.0910. The SMILES string of the molecule is Cc1cnc(-c2ncc3c(n2)CC(C)(C)CC3=O)nc1. The minimum atomic E-state index is -0.0517. The molecule has 102 valence electrons. The Hall–Kier alpha value is -2.17. The van der Waals surface area contributed by atoms with Crippen molar-refractivity contribution in [3.05, 3.63) is 35.4 Å². The van der Waals surface area contributed by atoms with Crippen LogP contribution in [-0.2, 0) is 6.42 Å². The molecule has 2 aromatic rings. The molecule has 1 aliphatic carbocycles. The topological polar surface area (TPSA) is 68.6 Å². The van der Waals surface area contributed by atoms with E-state index in [0.717, 1.165) is 17.7 Å². The fourth-order valence-corrected chi connectivity index (χ4v) is 2.45. The molecule has 0 saturated heterocycles. The Morgan fingerprint density at radius 1 is 1.00 bits per heavy atom. The van der Waals surface area contributed by atoms with Crippen molar-refractivity contribution >= 4 is 5.78 Å². The van der Waals surface area contributed by atoms with Crippen molar-refractivity contribution in [2.45, 2.75) is 33.6 Å². The molecule has 0 fully saturated rings. The molecule has 0 bridgehead atoms. The van der Waals surface area contributed by atoms with Crippen molar-refractivity contribution in [1.82, 2.24) is 19.9 Å². The molecular weight excluding hydrogens is 252 g/mol. The van der Waals surface area contributed by atoms with Crippen LogP contribution in [0.5, 0.6) is 0 Å². The number of aryl methyl sites for hydroxylation is 1. The number of carbonyl (C=O) groups excluding carboxylic acids is 1. The second-order valence-electron chi connectivity index (χ2n) is 6.08. The monoisotopic (exact) mass is 268 g/mol. The Morgan fingerprint density at radius 3 is 2.35 bits per heavy atom. The van der Waals surface area contributed by atoms with Gasteiger partial charge < -0.3 is 0 Å². The number of Topliss-reactive ketones (excluding diaryl/α,β-unsaturated/α-hetero) is 1. The summed E-state index contributed by atoms with van der Waals surface area (Å²) in [4.78, 5) is 29.3. The summed E-state index contributed by atoms with van der Waals surface area (Å²) in [7, 11) is 0. The normalized spacial score (nSPS) is 16.9. The second kappa shape index (κ2) is 4.44. The molecule has 2 heterocycles. The van der Waals surface area contributed by atoms with Crippen LogP contribution in [0.3, 0.4) is 0 Å². The van der Waals surface area contributed by atoms with Gasteiger partial charge in [0, 0.05) is 25.0 Å². The van der Waals surface area contributed by atoms with E-state index in [-0.39, 0.29) is 11.2 Å². The Labute approximate surface area is 117 Å². The number of hydrogen-bond acceptors (Lipinski definition) is 5. The van der Waals surface area contributed by atoms with Gasteiger partial charge in [-0.2, -0.15) is 0 Å². The average Bonchev–Trinajstić information content (AvgIpc) is 2.37. The molecule has 0 N–H and O–H groups in total. The number of hydrogen-bond donors (Lipinski definition) is 0. The summed E-state index contributed by atoms with van der Waals surface area (Å²) in [6.45, 7) is 6.09. The highest BCUT2D eigenvalue weighted by Gasteiger charge is 2.32. The molecule has 5 nitrogen and oxygen atoms in total. The zero-order chi connectivity index (χ0) is 14.3. The highest BCUT2D eigenvalue weighted by atomic mass is 16.1. The maximum absolute atomic E-state index is 12.1.